The molecule has 0 rings (SSSR count). The largest absolute Gasteiger partial charge is 0.462 e. The Kier molecular flexibility index (Phi) is 41.3. The molecular weight excluding hydrogens is 673 g/mol. The smallest absolute Gasteiger partial charge is 0.306 e. The molecule has 1 atom stereocenters. The van der Waals surface area contributed by atoms with E-state index in [9.17, 15) is 14.4 Å². The molecule has 0 aromatic rings. The molecule has 0 aromatic heterocycles. The third-order valence-corrected chi connectivity index (χ3v) is 10.8. The molecule has 0 aromatic carbocycles. The van der Waals surface area contributed by atoms with Crippen LogP contribution in [0.4, 0.5) is 0 Å². The first-order valence-electron chi connectivity index (χ1n) is 23.9. The van der Waals surface area contributed by atoms with Crippen LogP contribution in [0.15, 0.2) is 0 Å². The van der Waals surface area contributed by atoms with Crippen LogP contribution < -0.4 is 0 Å². The molecule has 0 bridgehead atoms. The van der Waals surface area contributed by atoms with Crippen molar-refractivity contribution in [3.05, 3.63) is 0 Å². The lowest BCUT2D eigenvalue weighted by Gasteiger charge is -2.18. The number of ether oxygens (including phenoxy) is 3. The summed E-state index contributed by atoms with van der Waals surface area (Å²) in [6.45, 7) is 8.93. The zero-order chi connectivity index (χ0) is 39.6. The first kappa shape index (κ1) is 52.4. The lowest BCUT2D eigenvalue weighted by atomic mass is 10.0. The summed E-state index contributed by atoms with van der Waals surface area (Å²) in [6.07, 6.45) is 42.4. The fraction of sp³-hybridized carbons (Fsp3) is 0.938. The van der Waals surface area contributed by atoms with Crippen molar-refractivity contribution in [1.29, 1.82) is 0 Å². The zero-order valence-electron chi connectivity index (χ0n) is 36.7. The lowest BCUT2D eigenvalue weighted by Crippen LogP contribution is -2.30. The van der Waals surface area contributed by atoms with E-state index in [2.05, 4.69) is 27.7 Å². The molecule has 6 nitrogen and oxygen atoms in total. The van der Waals surface area contributed by atoms with Crippen LogP contribution in [0.25, 0.3) is 0 Å². The zero-order valence-corrected chi connectivity index (χ0v) is 36.7. The van der Waals surface area contributed by atoms with Crippen molar-refractivity contribution in [3.63, 3.8) is 0 Å². The summed E-state index contributed by atoms with van der Waals surface area (Å²) in [7, 11) is 0. The van der Waals surface area contributed by atoms with E-state index in [0.717, 1.165) is 63.7 Å². The molecular formula is C48H92O6. The van der Waals surface area contributed by atoms with Gasteiger partial charge in [-0.05, 0) is 25.2 Å². The highest BCUT2D eigenvalue weighted by molar-refractivity contribution is 5.71. The molecule has 0 radical (unpaired) electrons. The van der Waals surface area contributed by atoms with Gasteiger partial charge in [0.15, 0.2) is 6.10 Å². The number of rotatable bonds is 43. The molecule has 6 heteroatoms. The monoisotopic (exact) mass is 765 g/mol. The maximum Gasteiger partial charge on any atom is 0.306 e. The average molecular weight is 765 g/mol. The highest BCUT2D eigenvalue weighted by Gasteiger charge is 2.19. The number of esters is 3. The molecule has 320 valence electrons. The third kappa shape index (κ3) is 41.6. The second kappa shape index (κ2) is 42.6. The molecule has 0 amide bonds. The van der Waals surface area contributed by atoms with Crippen LogP contribution in [-0.4, -0.2) is 37.2 Å². The summed E-state index contributed by atoms with van der Waals surface area (Å²) in [6, 6.07) is 0. The Hall–Kier alpha value is -1.59. The quantitative estimate of drug-likeness (QED) is 0.0349. The Morgan fingerprint density at radius 3 is 0.907 bits per heavy atom. The van der Waals surface area contributed by atoms with Gasteiger partial charge in [-0.25, -0.2) is 0 Å². The Balaban J connectivity index is 4.28. The van der Waals surface area contributed by atoms with Gasteiger partial charge in [-0.2, -0.15) is 0 Å². The minimum absolute atomic E-state index is 0.0643. The second-order valence-electron chi connectivity index (χ2n) is 16.9. The van der Waals surface area contributed by atoms with Crippen LogP contribution in [0.2, 0.25) is 0 Å². The molecule has 0 N–H and O–H groups in total. The Morgan fingerprint density at radius 2 is 0.611 bits per heavy atom. The normalized spacial score (nSPS) is 11.9. The van der Waals surface area contributed by atoms with Gasteiger partial charge < -0.3 is 14.2 Å². The number of carbonyl (C=O) groups is 3. The lowest BCUT2D eigenvalue weighted by molar-refractivity contribution is -0.167. The fourth-order valence-electron chi connectivity index (χ4n) is 7.16. The highest BCUT2D eigenvalue weighted by atomic mass is 16.6. The topological polar surface area (TPSA) is 78.9 Å². The van der Waals surface area contributed by atoms with E-state index >= 15 is 0 Å². The molecule has 0 aliphatic heterocycles. The van der Waals surface area contributed by atoms with Gasteiger partial charge in [-0.3, -0.25) is 14.4 Å². The maximum absolute atomic E-state index is 12.7. The number of hydrogen-bond donors (Lipinski definition) is 0. The average Bonchev–Trinajstić information content (AvgIpc) is 3.15. The van der Waals surface area contributed by atoms with Gasteiger partial charge in [0.25, 0.3) is 0 Å². The van der Waals surface area contributed by atoms with E-state index in [4.69, 9.17) is 14.2 Å². The second-order valence-corrected chi connectivity index (χ2v) is 16.9. The Labute approximate surface area is 336 Å². The van der Waals surface area contributed by atoms with Crippen molar-refractivity contribution >= 4 is 17.9 Å². The highest BCUT2D eigenvalue weighted by Crippen LogP contribution is 2.16. The van der Waals surface area contributed by atoms with E-state index < -0.39 is 6.10 Å². The first-order valence-corrected chi connectivity index (χ1v) is 23.9. The van der Waals surface area contributed by atoms with Gasteiger partial charge in [-0.15, -0.1) is 0 Å². The van der Waals surface area contributed by atoms with Crippen molar-refractivity contribution in [2.45, 2.75) is 271 Å². The summed E-state index contributed by atoms with van der Waals surface area (Å²) >= 11 is 0. The predicted molar refractivity (Wildman–Crippen MR) is 229 cm³/mol. The molecule has 0 fully saturated rings. The molecule has 0 unspecified atom stereocenters. The van der Waals surface area contributed by atoms with Gasteiger partial charge in [0, 0.05) is 19.3 Å². The van der Waals surface area contributed by atoms with Gasteiger partial charge >= 0.3 is 17.9 Å². The summed E-state index contributed by atoms with van der Waals surface area (Å²) in [5, 5.41) is 0. The maximum atomic E-state index is 12.7. The number of carbonyl (C=O) groups excluding carboxylic acids is 3. The number of hydrogen-bond acceptors (Lipinski definition) is 6. The van der Waals surface area contributed by atoms with Crippen LogP contribution >= 0.6 is 0 Å². The summed E-state index contributed by atoms with van der Waals surface area (Å²) in [5.74, 6) is -0.0923. The predicted octanol–water partition coefficient (Wildman–Crippen LogP) is 15.1. The first-order chi connectivity index (χ1) is 26.4. The summed E-state index contributed by atoms with van der Waals surface area (Å²) < 4.78 is 16.7. The van der Waals surface area contributed by atoms with Crippen LogP contribution in [0.1, 0.15) is 265 Å². The Bertz CT molecular complexity index is 811. The molecule has 0 saturated heterocycles. The molecule has 54 heavy (non-hydrogen) atoms. The van der Waals surface area contributed by atoms with E-state index in [0.29, 0.717) is 19.3 Å². The summed E-state index contributed by atoms with van der Waals surface area (Å²) in [5.41, 5.74) is 0. The van der Waals surface area contributed by atoms with E-state index in [1.165, 1.54) is 161 Å². The van der Waals surface area contributed by atoms with Crippen LogP contribution in [0.5, 0.6) is 0 Å². The Morgan fingerprint density at radius 1 is 0.352 bits per heavy atom. The van der Waals surface area contributed by atoms with E-state index in [1.54, 1.807) is 0 Å². The van der Waals surface area contributed by atoms with E-state index in [1.807, 2.05) is 0 Å². The molecule has 0 aliphatic rings. The van der Waals surface area contributed by atoms with Crippen molar-refractivity contribution in [2.24, 2.45) is 5.92 Å². The van der Waals surface area contributed by atoms with Crippen LogP contribution in [0, 0.1) is 5.92 Å². The van der Waals surface area contributed by atoms with Gasteiger partial charge in [0.2, 0.25) is 0 Å². The van der Waals surface area contributed by atoms with Gasteiger partial charge in [-0.1, -0.05) is 227 Å². The minimum atomic E-state index is -0.759. The minimum Gasteiger partial charge on any atom is -0.462 e. The van der Waals surface area contributed by atoms with E-state index in [-0.39, 0.29) is 31.1 Å². The van der Waals surface area contributed by atoms with Gasteiger partial charge in [0.1, 0.15) is 13.2 Å². The van der Waals surface area contributed by atoms with Gasteiger partial charge in [0.05, 0.1) is 0 Å². The molecule has 0 saturated carbocycles. The third-order valence-electron chi connectivity index (χ3n) is 10.8. The SMILES string of the molecule is CCCCCCCCCCCCCCCCCCC(=O)O[C@H](COC(=O)CCCCCCCCCCCCC)COC(=O)CCCCCCCCC(C)C. The summed E-state index contributed by atoms with van der Waals surface area (Å²) in [4.78, 5) is 37.7. The standard InChI is InChI=1S/C48H92O6/c1-5-7-9-11-13-15-17-18-19-20-21-23-25-27-33-37-41-48(51)54-45(43-53-47(50)40-36-32-29-28-30-34-38-44(3)4)42-52-46(49)39-35-31-26-24-22-16-14-12-10-8-6-2/h44-45H,5-43H2,1-4H3/t45-/m1/s1. The van der Waals surface area contributed by atoms with Crippen LogP contribution in [-0.2, 0) is 28.6 Å². The molecule has 0 aliphatic carbocycles. The van der Waals surface area contributed by atoms with Crippen molar-refractivity contribution < 1.29 is 28.6 Å². The number of unbranched alkanes of at least 4 members (excludes halogenated alkanes) is 30. The molecule has 0 spiro atoms. The van der Waals surface area contributed by atoms with Crippen molar-refractivity contribution in [3.8, 4) is 0 Å². The van der Waals surface area contributed by atoms with Crippen LogP contribution in [0.3, 0.4) is 0 Å². The fourth-order valence-corrected chi connectivity index (χ4v) is 7.16. The van der Waals surface area contributed by atoms with Crippen molar-refractivity contribution in [2.75, 3.05) is 13.2 Å². The van der Waals surface area contributed by atoms with Crippen molar-refractivity contribution in [1.82, 2.24) is 0 Å². The molecule has 0 heterocycles.